The van der Waals surface area contributed by atoms with Crippen molar-refractivity contribution >= 4 is 27.6 Å². The summed E-state index contributed by atoms with van der Waals surface area (Å²) >= 11 is 0. The number of benzene rings is 2. The summed E-state index contributed by atoms with van der Waals surface area (Å²) in [5, 5.41) is 0. The summed E-state index contributed by atoms with van der Waals surface area (Å²) in [6.07, 6.45) is 1.12. The molecule has 1 aliphatic heterocycles. The predicted octanol–water partition coefficient (Wildman–Crippen LogP) is 3.57. The SMILES string of the molecule is CC(C)(C)OC(=O)C1CCCN1C(=O)c1cccc(S(=O)(=O)Nc2ccccc2F)c1. The number of halogens is 1. The molecular formula is C22H25FN2O5S. The summed E-state index contributed by atoms with van der Waals surface area (Å²) in [5.74, 6) is -1.66. The van der Waals surface area contributed by atoms with Crippen LogP contribution in [0.25, 0.3) is 0 Å². The lowest BCUT2D eigenvalue weighted by atomic mass is 10.1. The summed E-state index contributed by atoms with van der Waals surface area (Å²) < 4.78 is 46.9. The average Bonchev–Trinajstić information content (AvgIpc) is 3.18. The second kappa shape index (κ2) is 8.66. The molecule has 0 radical (unpaired) electrons. The van der Waals surface area contributed by atoms with Gasteiger partial charge in [-0.3, -0.25) is 9.52 Å². The fraction of sp³-hybridized carbons (Fsp3) is 0.364. The van der Waals surface area contributed by atoms with Gasteiger partial charge in [0.2, 0.25) is 0 Å². The van der Waals surface area contributed by atoms with Gasteiger partial charge < -0.3 is 9.64 Å². The first-order valence-corrected chi connectivity index (χ1v) is 11.4. The third kappa shape index (κ3) is 5.41. The second-order valence-electron chi connectivity index (χ2n) is 8.30. The van der Waals surface area contributed by atoms with Crippen molar-refractivity contribution in [1.82, 2.24) is 4.90 Å². The molecule has 0 bridgehead atoms. The van der Waals surface area contributed by atoms with Crippen LogP contribution in [0.5, 0.6) is 0 Å². The van der Waals surface area contributed by atoms with Crippen LogP contribution in [-0.4, -0.2) is 43.4 Å². The predicted molar refractivity (Wildman–Crippen MR) is 114 cm³/mol. The van der Waals surface area contributed by atoms with Crippen LogP contribution in [0.1, 0.15) is 44.0 Å². The average molecular weight is 449 g/mol. The lowest BCUT2D eigenvalue weighted by Crippen LogP contribution is -2.43. The van der Waals surface area contributed by atoms with E-state index in [1.807, 2.05) is 0 Å². The normalized spacial score (nSPS) is 16.8. The molecule has 1 heterocycles. The molecular weight excluding hydrogens is 423 g/mol. The minimum atomic E-state index is -4.12. The van der Waals surface area contributed by atoms with Gasteiger partial charge >= 0.3 is 5.97 Å². The van der Waals surface area contributed by atoms with Gasteiger partial charge in [0, 0.05) is 12.1 Å². The van der Waals surface area contributed by atoms with Crippen LogP contribution in [-0.2, 0) is 19.6 Å². The maximum Gasteiger partial charge on any atom is 0.329 e. The number of sulfonamides is 1. The van der Waals surface area contributed by atoms with E-state index in [4.69, 9.17) is 4.74 Å². The van der Waals surface area contributed by atoms with Crippen LogP contribution in [0.4, 0.5) is 10.1 Å². The van der Waals surface area contributed by atoms with Crippen molar-refractivity contribution in [2.75, 3.05) is 11.3 Å². The first-order chi connectivity index (χ1) is 14.5. The molecule has 31 heavy (non-hydrogen) atoms. The van der Waals surface area contributed by atoms with Gasteiger partial charge in [0.1, 0.15) is 17.5 Å². The van der Waals surface area contributed by atoms with Crippen LogP contribution >= 0.6 is 0 Å². The molecule has 9 heteroatoms. The summed E-state index contributed by atoms with van der Waals surface area (Å²) in [6.45, 7) is 5.63. The van der Waals surface area contributed by atoms with E-state index in [9.17, 15) is 22.4 Å². The molecule has 1 aliphatic rings. The van der Waals surface area contributed by atoms with Crippen LogP contribution in [0.2, 0.25) is 0 Å². The van der Waals surface area contributed by atoms with E-state index in [1.165, 1.54) is 47.4 Å². The standard InChI is InChI=1S/C22H25FN2O5S/c1-22(2,3)30-21(27)19-12-7-13-25(19)20(26)15-8-6-9-16(14-15)31(28,29)24-18-11-5-4-10-17(18)23/h4-6,8-11,14,19,24H,7,12-13H2,1-3H3. The monoisotopic (exact) mass is 448 g/mol. The fourth-order valence-electron chi connectivity index (χ4n) is 3.33. The highest BCUT2D eigenvalue weighted by molar-refractivity contribution is 7.92. The molecule has 1 saturated heterocycles. The number of nitrogens with zero attached hydrogens (tertiary/aromatic N) is 1. The zero-order valence-corrected chi connectivity index (χ0v) is 18.4. The topological polar surface area (TPSA) is 92.8 Å². The van der Waals surface area contributed by atoms with Crippen molar-refractivity contribution in [1.29, 1.82) is 0 Å². The van der Waals surface area contributed by atoms with E-state index >= 15 is 0 Å². The Kier molecular flexibility index (Phi) is 6.35. The van der Waals surface area contributed by atoms with E-state index in [-0.39, 0.29) is 16.1 Å². The highest BCUT2D eigenvalue weighted by atomic mass is 32.2. The molecule has 0 saturated carbocycles. The number of likely N-dealkylation sites (tertiary alicyclic amines) is 1. The third-order valence-corrected chi connectivity index (χ3v) is 6.07. The number of anilines is 1. The minimum Gasteiger partial charge on any atom is -0.458 e. The Morgan fingerprint density at radius 1 is 1.13 bits per heavy atom. The number of hydrogen-bond donors (Lipinski definition) is 1. The van der Waals surface area contributed by atoms with Gasteiger partial charge in [-0.25, -0.2) is 17.6 Å². The number of rotatable bonds is 5. The first kappa shape index (κ1) is 22.7. The first-order valence-electron chi connectivity index (χ1n) is 9.89. The van der Waals surface area contributed by atoms with Crippen molar-refractivity contribution in [3.8, 4) is 0 Å². The van der Waals surface area contributed by atoms with Gasteiger partial charge in [0.05, 0.1) is 10.6 Å². The molecule has 1 atom stereocenters. The number of esters is 1. The Balaban J connectivity index is 1.83. The number of carbonyl (C=O) groups is 2. The fourth-order valence-corrected chi connectivity index (χ4v) is 4.45. The van der Waals surface area contributed by atoms with E-state index in [0.717, 1.165) is 6.07 Å². The second-order valence-corrected chi connectivity index (χ2v) is 9.99. The number of nitrogens with one attached hydrogen (secondary N) is 1. The summed E-state index contributed by atoms with van der Waals surface area (Å²) in [7, 11) is -4.12. The Labute approximate surface area is 181 Å². The number of amides is 1. The van der Waals surface area contributed by atoms with Crippen molar-refractivity contribution in [3.05, 3.63) is 59.9 Å². The molecule has 1 fully saturated rings. The van der Waals surface area contributed by atoms with Crippen LogP contribution in [0, 0.1) is 5.82 Å². The maximum atomic E-state index is 13.9. The molecule has 1 unspecified atom stereocenters. The van der Waals surface area contributed by atoms with Gasteiger partial charge in [0.15, 0.2) is 0 Å². The molecule has 1 amide bonds. The van der Waals surface area contributed by atoms with Crippen LogP contribution in [0.15, 0.2) is 53.4 Å². The number of hydrogen-bond acceptors (Lipinski definition) is 5. The van der Waals surface area contributed by atoms with Crippen LogP contribution < -0.4 is 4.72 Å². The van der Waals surface area contributed by atoms with Gasteiger partial charge in [-0.15, -0.1) is 0 Å². The smallest absolute Gasteiger partial charge is 0.329 e. The molecule has 7 nitrogen and oxygen atoms in total. The van der Waals surface area contributed by atoms with Crippen molar-refractivity contribution < 1.29 is 27.1 Å². The molecule has 2 aromatic carbocycles. The molecule has 166 valence electrons. The van der Waals surface area contributed by atoms with Gasteiger partial charge in [-0.2, -0.15) is 0 Å². The zero-order chi connectivity index (χ0) is 22.8. The van der Waals surface area contributed by atoms with Gasteiger partial charge in [-0.1, -0.05) is 18.2 Å². The zero-order valence-electron chi connectivity index (χ0n) is 17.6. The summed E-state index contributed by atoms with van der Waals surface area (Å²) in [4.78, 5) is 26.8. The minimum absolute atomic E-state index is 0.117. The quantitative estimate of drug-likeness (QED) is 0.706. The van der Waals surface area contributed by atoms with Gasteiger partial charge in [-0.05, 0) is 63.9 Å². The van der Waals surface area contributed by atoms with E-state index in [0.29, 0.717) is 19.4 Å². The van der Waals surface area contributed by atoms with E-state index in [2.05, 4.69) is 4.72 Å². The van der Waals surface area contributed by atoms with Crippen LogP contribution in [0.3, 0.4) is 0 Å². The molecule has 0 spiro atoms. The molecule has 1 N–H and O–H groups in total. The lowest BCUT2D eigenvalue weighted by Gasteiger charge is -2.27. The molecule has 2 aromatic rings. The largest absolute Gasteiger partial charge is 0.458 e. The lowest BCUT2D eigenvalue weighted by molar-refractivity contribution is -0.159. The molecule has 3 rings (SSSR count). The van der Waals surface area contributed by atoms with Crippen molar-refractivity contribution in [3.63, 3.8) is 0 Å². The highest BCUT2D eigenvalue weighted by Gasteiger charge is 2.37. The number of para-hydroxylation sites is 1. The summed E-state index contributed by atoms with van der Waals surface area (Å²) in [5.41, 5.74) is -0.753. The maximum absolute atomic E-state index is 13.9. The van der Waals surface area contributed by atoms with E-state index in [1.54, 1.807) is 20.8 Å². The highest BCUT2D eigenvalue weighted by Crippen LogP contribution is 2.25. The number of carbonyl (C=O) groups excluding carboxylic acids is 2. The third-order valence-electron chi connectivity index (χ3n) is 4.70. The number of ether oxygens (including phenoxy) is 1. The van der Waals surface area contributed by atoms with Gasteiger partial charge in [0.25, 0.3) is 15.9 Å². The van der Waals surface area contributed by atoms with Crippen molar-refractivity contribution in [2.45, 2.75) is 50.2 Å². The molecule has 0 aromatic heterocycles. The Morgan fingerprint density at radius 3 is 2.52 bits per heavy atom. The Bertz CT molecular complexity index is 1100. The van der Waals surface area contributed by atoms with Crippen molar-refractivity contribution in [2.24, 2.45) is 0 Å². The Hall–Kier alpha value is -2.94. The Morgan fingerprint density at radius 2 is 1.84 bits per heavy atom. The molecule has 0 aliphatic carbocycles. The summed E-state index contributed by atoms with van der Waals surface area (Å²) in [6, 6.07) is 10.1. The van der Waals surface area contributed by atoms with E-state index < -0.39 is 39.4 Å².